The number of carbonyl (C=O) groups excluding carboxylic acids is 2. The number of rotatable bonds is 5. The Morgan fingerprint density at radius 2 is 1.95 bits per heavy atom. The summed E-state index contributed by atoms with van der Waals surface area (Å²) in [7, 11) is 5.08. The molecular formula is C14H23N5O3. The van der Waals surface area contributed by atoms with E-state index in [9.17, 15) is 9.59 Å². The average molecular weight is 309 g/mol. The first-order valence-corrected chi connectivity index (χ1v) is 7.28. The van der Waals surface area contributed by atoms with Crippen LogP contribution in [0.5, 0.6) is 0 Å². The maximum absolute atomic E-state index is 12.6. The van der Waals surface area contributed by atoms with Crippen LogP contribution in [0.2, 0.25) is 0 Å². The van der Waals surface area contributed by atoms with Gasteiger partial charge in [-0.15, -0.1) is 0 Å². The summed E-state index contributed by atoms with van der Waals surface area (Å²) < 4.78 is 6.53. The van der Waals surface area contributed by atoms with Crippen molar-refractivity contribution in [3.63, 3.8) is 0 Å². The second-order valence-electron chi connectivity index (χ2n) is 5.31. The minimum atomic E-state index is -0.407. The van der Waals surface area contributed by atoms with Gasteiger partial charge < -0.3 is 19.9 Å². The van der Waals surface area contributed by atoms with Crippen molar-refractivity contribution in [2.75, 3.05) is 46.9 Å². The molecule has 2 rings (SSSR count). The molecule has 0 aliphatic carbocycles. The number of nitrogens with zero attached hydrogens (tertiary/aromatic N) is 4. The molecule has 1 saturated heterocycles. The monoisotopic (exact) mass is 309 g/mol. The highest BCUT2D eigenvalue weighted by atomic mass is 16.5. The summed E-state index contributed by atoms with van der Waals surface area (Å²) >= 11 is 0. The third-order valence-corrected chi connectivity index (χ3v) is 3.81. The summed E-state index contributed by atoms with van der Waals surface area (Å²) in [6.07, 6.45) is 3.52. The zero-order valence-corrected chi connectivity index (χ0v) is 13.3. The number of aromatic nitrogens is 2. The summed E-state index contributed by atoms with van der Waals surface area (Å²) in [4.78, 5) is 27.9. The van der Waals surface area contributed by atoms with Crippen LogP contribution in [0.4, 0.5) is 0 Å². The van der Waals surface area contributed by atoms with Crippen LogP contribution in [0, 0.1) is 0 Å². The smallest absolute Gasteiger partial charge is 0.248 e. The molecule has 2 amide bonds. The van der Waals surface area contributed by atoms with Crippen LogP contribution in [0.15, 0.2) is 12.4 Å². The van der Waals surface area contributed by atoms with E-state index in [1.54, 1.807) is 27.7 Å². The van der Waals surface area contributed by atoms with E-state index in [1.165, 1.54) is 7.11 Å². The summed E-state index contributed by atoms with van der Waals surface area (Å²) in [5.74, 6) is -0.0265. The lowest BCUT2D eigenvalue weighted by atomic mass is 10.1. The van der Waals surface area contributed by atoms with Gasteiger partial charge in [0.25, 0.3) is 0 Å². The van der Waals surface area contributed by atoms with Gasteiger partial charge >= 0.3 is 0 Å². The van der Waals surface area contributed by atoms with E-state index in [2.05, 4.69) is 10.4 Å². The number of hydrogen-bond donors (Lipinski definition) is 1. The second kappa shape index (κ2) is 7.37. The Balaban J connectivity index is 1.95. The maximum Gasteiger partial charge on any atom is 0.248 e. The molecule has 0 saturated carbocycles. The highest BCUT2D eigenvalue weighted by molar-refractivity contribution is 5.84. The van der Waals surface area contributed by atoms with Crippen molar-refractivity contribution in [3.05, 3.63) is 18.0 Å². The van der Waals surface area contributed by atoms with E-state index in [4.69, 9.17) is 4.74 Å². The third kappa shape index (κ3) is 3.63. The topological polar surface area (TPSA) is 79.7 Å². The fraction of sp³-hybridized carbons (Fsp3) is 0.643. The zero-order chi connectivity index (χ0) is 16.1. The molecule has 1 fully saturated rings. The number of ether oxygens (including phenoxy) is 1. The Hall–Kier alpha value is -1.93. The highest BCUT2D eigenvalue weighted by Gasteiger charge is 2.29. The lowest BCUT2D eigenvalue weighted by molar-refractivity contribution is -0.142. The standard InChI is InChI=1S/C14H23N5O3/c1-15-13(11-8-16-17(2)9-11)14(21)19-6-4-18(5-7-19)12(20)10-22-3/h8-9,13,15H,4-7,10H2,1-3H3. The van der Waals surface area contributed by atoms with E-state index in [1.807, 2.05) is 13.2 Å². The lowest BCUT2D eigenvalue weighted by Crippen LogP contribution is -2.53. The third-order valence-electron chi connectivity index (χ3n) is 3.81. The predicted molar refractivity (Wildman–Crippen MR) is 80.0 cm³/mol. The second-order valence-corrected chi connectivity index (χ2v) is 5.31. The molecule has 1 unspecified atom stereocenters. The van der Waals surface area contributed by atoms with E-state index in [0.29, 0.717) is 26.2 Å². The van der Waals surface area contributed by atoms with Crippen molar-refractivity contribution < 1.29 is 14.3 Å². The number of amides is 2. The first-order valence-electron chi connectivity index (χ1n) is 7.28. The number of nitrogens with one attached hydrogen (secondary N) is 1. The Labute approximate surface area is 130 Å². The van der Waals surface area contributed by atoms with Crippen LogP contribution in [0.25, 0.3) is 0 Å². The molecule has 22 heavy (non-hydrogen) atoms. The number of methoxy groups -OCH3 is 1. The maximum atomic E-state index is 12.6. The number of likely N-dealkylation sites (N-methyl/N-ethyl adjacent to an activating group) is 1. The van der Waals surface area contributed by atoms with Crippen LogP contribution < -0.4 is 5.32 Å². The quantitative estimate of drug-likeness (QED) is 0.754. The van der Waals surface area contributed by atoms with Crippen LogP contribution in [0.3, 0.4) is 0 Å². The Bertz CT molecular complexity index is 522. The first kappa shape index (κ1) is 16.4. The molecule has 1 N–H and O–H groups in total. The van der Waals surface area contributed by atoms with Crippen molar-refractivity contribution in [2.24, 2.45) is 7.05 Å². The summed E-state index contributed by atoms with van der Waals surface area (Å²) in [5.41, 5.74) is 0.841. The van der Waals surface area contributed by atoms with Crippen molar-refractivity contribution >= 4 is 11.8 Å². The molecule has 0 radical (unpaired) electrons. The van der Waals surface area contributed by atoms with E-state index in [0.717, 1.165) is 5.56 Å². The van der Waals surface area contributed by atoms with Crippen LogP contribution in [0.1, 0.15) is 11.6 Å². The number of aryl methyl sites for hydroxylation is 1. The minimum absolute atomic E-state index is 0.00865. The molecule has 1 aliphatic rings. The molecule has 8 heteroatoms. The summed E-state index contributed by atoms with van der Waals surface area (Å²) in [6.45, 7) is 2.23. The molecular weight excluding hydrogens is 286 g/mol. The van der Waals surface area contributed by atoms with Gasteiger partial charge in [-0.05, 0) is 7.05 Å². The van der Waals surface area contributed by atoms with Gasteiger partial charge in [-0.3, -0.25) is 14.3 Å². The largest absolute Gasteiger partial charge is 0.375 e. The van der Waals surface area contributed by atoms with Crippen LogP contribution in [-0.2, 0) is 21.4 Å². The van der Waals surface area contributed by atoms with E-state index >= 15 is 0 Å². The molecule has 1 aromatic rings. The average Bonchev–Trinajstić information content (AvgIpc) is 2.94. The SMILES string of the molecule is CNC(C(=O)N1CCN(C(=O)COC)CC1)c1cnn(C)c1. The van der Waals surface area contributed by atoms with Gasteiger partial charge in [0.15, 0.2) is 0 Å². The zero-order valence-electron chi connectivity index (χ0n) is 13.3. The Morgan fingerprint density at radius 1 is 1.32 bits per heavy atom. The molecule has 0 spiro atoms. The molecule has 1 atom stereocenters. The van der Waals surface area contributed by atoms with Gasteiger partial charge in [0.05, 0.1) is 6.20 Å². The van der Waals surface area contributed by atoms with E-state index in [-0.39, 0.29) is 18.4 Å². The molecule has 0 bridgehead atoms. The number of carbonyl (C=O) groups is 2. The molecule has 8 nitrogen and oxygen atoms in total. The predicted octanol–water partition coefficient (Wildman–Crippen LogP) is -1.00. The van der Waals surface area contributed by atoms with Gasteiger partial charge in [0.2, 0.25) is 11.8 Å². The summed E-state index contributed by atoms with van der Waals surface area (Å²) in [6, 6.07) is -0.407. The van der Waals surface area contributed by atoms with Gasteiger partial charge in [-0.25, -0.2) is 0 Å². The van der Waals surface area contributed by atoms with Crippen LogP contribution >= 0.6 is 0 Å². The van der Waals surface area contributed by atoms with Crippen molar-refractivity contribution in [3.8, 4) is 0 Å². The Kier molecular flexibility index (Phi) is 5.51. The van der Waals surface area contributed by atoms with Crippen molar-refractivity contribution in [2.45, 2.75) is 6.04 Å². The van der Waals surface area contributed by atoms with Gasteiger partial charge in [0, 0.05) is 52.1 Å². The van der Waals surface area contributed by atoms with Gasteiger partial charge in [-0.1, -0.05) is 0 Å². The van der Waals surface area contributed by atoms with E-state index < -0.39 is 6.04 Å². The molecule has 0 aromatic carbocycles. The Morgan fingerprint density at radius 3 is 2.45 bits per heavy atom. The van der Waals surface area contributed by atoms with Gasteiger partial charge in [0.1, 0.15) is 12.6 Å². The molecule has 2 heterocycles. The van der Waals surface area contributed by atoms with Crippen LogP contribution in [-0.4, -0.2) is 78.3 Å². The first-order chi connectivity index (χ1) is 10.6. The van der Waals surface area contributed by atoms with Gasteiger partial charge in [-0.2, -0.15) is 5.10 Å². The molecule has 1 aromatic heterocycles. The number of hydrogen-bond acceptors (Lipinski definition) is 5. The summed E-state index contributed by atoms with van der Waals surface area (Å²) in [5, 5.41) is 7.15. The molecule has 122 valence electrons. The fourth-order valence-electron chi connectivity index (χ4n) is 2.60. The normalized spacial score (nSPS) is 16.7. The number of piperazine rings is 1. The van der Waals surface area contributed by atoms with Crippen molar-refractivity contribution in [1.29, 1.82) is 0 Å². The molecule has 1 aliphatic heterocycles. The highest BCUT2D eigenvalue weighted by Crippen LogP contribution is 2.16. The lowest BCUT2D eigenvalue weighted by Gasteiger charge is -2.36. The van der Waals surface area contributed by atoms with Crippen molar-refractivity contribution in [1.82, 2.24) is 24.9 Å². The fourth-order valence-corrected chi connectivity index (χ4v) is 2.60. The minimum Gasteiger partial charge on any atom is -0.375 e.